The standard InChI is InChI=1S/C13H20N6O/c1-8-16-11(6-12-17-18-13(20)19(8)12)15-7-9-2-4-10(14)5-3-9/h6,9-10,15H,2-5,7,14H2,1H3,(H,18,20). The Kier molecular flexibility index (Phi) is 3.43. The maximum Gasteiger partial charge on any atom is 0.349 e. The van der Waals surface area contributed by atoms with E-state index in [2.05, 4.69) is 20.5 Å². The quantitative estimate of drug-likeness (QED) is 0.764. The highest BCUT2D eigenvalue weighted by molar-refractivity contribution is 5.49. The van der Waals surface area contributed by atoms with Gasteiger partial charge in [0.2, 0.25) is 0 Å². The van der Waals surface area contributed by atoms with Crippen molar-refractivity contribution in [3.63, 3.8) is 0 Å². The van der Waals surface area contributed by atoms with E-state index in [4.69, 9.17) is 5.73 Å². The van der Waals surface area contributed by atoms with E-state index in [1.807, 2.05) is 0 Å². The van der Waals surface area contributed by atoms with Crippen molar-refractivity contribution in [2.75, 3.05) is 11.9 Å². The monoisotopic (exact) mass is 276 g/mol. The number of anilines is 1. The molecule has 2 aromatic heterocycles. The number of aromatic amines is 1. The summed E-state index contributed by atoms with van der Waals surface area (Å²) < 4.78 is 1.46. The predicted molar refractivity (Wildman–Crippen MR) is 76.8 cm³/mol. The van der Waals surface area contributed by atoms with E-state index in [0.717, 1.165) is 38.0 Å². The normalized spacial score (nSPS) is 23.1. The average molecular weight is 276 g/mol. The third-order valence-corrected chi connectivity index (χ3v) is 4.03. The molecule has 0 radical (unpaired) electrons. The second-order valence-electron chi connectivity index (χ2n) is 5.57. The highest BCUT2D eigenvalue weighted by atomic mass is 16.1. The van der Waals surface area contributed by atoms with Gasteiger partial charge in [-0.3, -0.25) is 0 Å². The lowest BCUT2D eigenvalue weighted by molar-refractivity contribution is 0.338. The van der Waals surface area contributed by atoms with E-state index < -0.39 is 0 Å². The summed E-state index contributed by atoms with van der Waals surface area (Å²) in [6.07, 6.45) is 4.54. The first-order valence-corrected chi connectivity index (χ1v) is 7.07. The average Bonchev–Trinajstić information content (AvgIpc) is 2.80. The SMILES string of the molecule is Cc1nc(NCC2CCC(N)CC2)cc2n[nH]c(=O)n12. The maximum atomic E-state index is 11.5. The zero-order chi connectivity index (χ0) is 14.1. The minimum atomic E-state index is -0.252. The molecule has 1 aliphatic carbocycles. The summed E-state index contributed by atoms with van der Waals surface area (Å²) >= 11 is 0. The number of nitrogens with one attached hydrogen (secondary N) is 2. The van der Waals surface area contributed by atoms with Crippen molar-refractivity contribution in [1.82, 2.24) is 19.6 Å². The van der Waals surface area contributed by atoms with E-state index >= 15 is 0 Å². The third-order valence-electron chi connectivity index (χ3n) is 4.03. The molecule has 7 heteroatoms. The molecule has 2 heterocycles. The molecular weight excluding hydrogens is 256 g/mol. The second-order valence-corrected chi connectivity index (χ2v) is 5.57. The number of nitrogens with zero attached hydrogens (tertiary/aromatic N) is 3. The fourth-order valence-electron chi connectivity index (χ4n) is 2.83. The molecule has 20 heavy (non-hydrogen) atoms. The van der Waals surface area contributed by atoms with Crippen LogP contribution in [-0.4, -0.2) is 32.2 Å². The summed E-state index contributed by atoms with van der Waals surface area (Å²) in [5.41, 5.74) is 6.25. The van der Waals surface area contributed by atoms with Crippen LogP contribution in [0.5, 0.6) is 0 Å². The molecule has 1 fully saturated rings. The number of hydrogen-bond donors (Lipinski definition) is 3. The summed E-state index contributed by atoms with van der Waals surface area (Å²) in [5.74, 6) is 2.05. The highest BCUT2D eigenvalue weighted by Crippen LogP contribution is 2.23. The summed E-state index contributed by atoms with van der Waals surface area (Å²) in [5, 5.41) is 9.75. The number of H-pyrrole nitrogens is 1. The first-order chi connectivity index (χ1) is 9.63. The van der Waals surface area contributed by atoms with E-state index in [1.54, 1.807) is 13.0 Å². The number of rotatable bonds is 3. The van der Waals surface area contributed by atoms with Gasteiger partial charge in [-0.2, -0.15) is 5.10 Å². The Morgan fingerprint density at radius 3 is 2.95 bits per heavy atom. The molecule has 108 valence electrons. The minimum absolute atomic E-state index is 0.252. The molecular formula is C13H20N6O. The lowest BCUT2D eigenvalue weighted by atomic mass is 9.86. The van der Waals surface area contributed by atoms with Gasteiger partial charge in [0.1, 0.15) is 11.6 Å². The van der Waals surface area contributed by atoms with Gasteiger partial charge < -0.3 is 11.1 Å². The van der Waals surface area contributed by atoms with Crippen molar-refractivity contribution in [3.05, 3.63) is 22.4 Å². The van der Waals surface area contributed by atoms with Crippen LogP contribution in [0, 0.1) is 12.8 Å². The van der Waals surface area contributed by atoms with Crippen molar-refractivity contribution in [1.29, 1.82) is 0 Å². The Labute approximate surface area is 116 Å². The van der Waals surface area contributed by atoms with Gasteiger partial charge in [0, 0.05) is 18.7 Å². The summed E-state index contributed by atoms with van der Waals surface area (Å²) in [4.78, 5) is 15.9. The second kappa shape index (κ2) is 5.24. The smallest absolute Gasteiger partial charge is 0.349 e. The molecule has 2 aromatic rings. The predicted octanol–water partition coefficient (Wildman–Crippen LogP) is 0.655. The van der Waals surface area contributed by atoms with Crippen LogP contribution in [0.25, 0.3) is 5.65 Å². The zero-order valence-corrected chi connectivity index (χ0v) is 11.6. The summed E-state index contributed by atoms with van der Waals surface area (Å²) in [6, 6.07) is 2.17. The largest absolute Gasteiger partial charge is 0.370 e. The van der Waals surface area contributed by atoms with Crippen LogP contribution in [0.2, 0.25) is 0 Å². The van der Waals surface area contributed by atoms with Crippen molar-refractivity contribution >= 4 is 11.5 Å². The Morgan fingerprint density at radius 1 is 1.45 bits per heavy atom. The summed E-state index contributed by atoms with van der Waals surface area (Å²) in [6.45, 7) is 2.69. The van der Waals surface area contributed by atoms with Crippen LogP contribution < -0.4 is 16.7 Å². The molecule has 3 rings (SSSR count). The molecule has 0 aromatic carbocycles. The number of fused-ring (bicyclic) bond motifs is 1. The maximum absolute atomic E-state index is 11.5. The number of hydrogen-bond acceptors (Lipinski definition) is 5. The van der Waals surface area contributed by atoms with E-state index in [0.29, 0.717) is 23.4 Å². The van der Waals surface area contributed by atoms with Crippen molar-refractivity contribution in [2.45, 2.75) is 38.6 Å². The number of aromatic nitrogens is 4. The van der Waals surface area contributed by atoms with Crippen LogP contribution in [0.4, 0.5) is 5.82 Å². The van der Waals surface area contributed by atoms with Gasteiger partial charge in [-0.1, -0.05) is 0 Å². The molecule has 1 aliphatic rings. The molecule has 0 spiro atoms. The van der Waals surface area contributed by atoms with E-state index in [-0.39, 0.29) is 5.69 Å². The molecule has 1 saturated carbocycles. The Morgan fingerprint density at radius 2 is 2.20 bits per heavy atom. The van der Waals surface area contributed by atoms with Gasteiger partial charge in [0.15, 0.2) is 5.65 Å². The molecule has 0 bridgehead atoms. The van der Waals surface area contributed by atoms with Gasteiger partial charge in [0.05, 0.1) is 0 Å². The summed E-state index contributed by atoms with van der Waals surface area (Å²) in [7, 11) is 0. The third kappa shape index (κ3) is 2.53. The molecule has 7 nitrogen and oxygen atoms in total. The first kappa shape index (κ1) is 13.1. The van der Waals surface area contributed by atoms with Crippen LogP contribution in [0.15, 0.2) is 10.9 Å². The Balaban J connectivity index is 1.70. The van der Waals surface area contributed by atoms with Crippen LogP contribution in [0.3, 0.4) is 0 Å². The van der Waals surface area contributed by atoms with Crippen LogP contribution >= 0.6 is 0 Å². The van der Waals surface area contributed by atoms with Crippen LogP contribution in [-0.2, 0) is 0 Å². The molecule has 0 atom stereocenters. The number of aryl methyl sites for hydroxylation is 1. The van der Waals surface area contributed by atoms with Crippen molar-refractivity contribution < 1.29 is 0 Å². The topological polar surface area (TPSA) is 101 Å². The molecule has 0 amide bonds. The molecule has 0 unspecified atom stereocenters. The van der Waals surface area contributed by atoms with Crippen LogP contribution in [0.1, 0.15) is 31.5 Å². The molecule has 4 N–H and O–H groups in total. The first-order valence-electron chi connectivity index (χ1n) is 7.07. The van der Waals surface area contributed by atoms with E-state index in [1.165, 1.54) is 4.40 Å². The van der Waals surface area contributed by atoms with Gasteiger partial charge in [-0.05, 0) is 38.5 Å². The Bertz CT molecular complexity index is 652. The fourth-order valence-corrected chi connectivity index (χ4v) is 2.83. The van der Waals surface area contributed by atoms with Gasteiger partial charge in [-0.25, -0.2) is 19.3 Å². The minimum Gasteiger partial charge on any atom is -0.370 e. The van der Waals surface area contributed by atoms with Gasteiger partial charge in [0.25, 0.3) is 0 Å². The van der Waals surface area contributed by atoms with E-state index in [9.17, 15) is 4.79 Å². The fraction of sp³-hybridized carbons (Fsp3) is 0.615. The zero-order valence-electron chi connectivity index (χ0n) is 11.6. The van der Waals surface area contributed by atoms with Gasteiger partial charge in [-0.15, -0.1) is 0 Å². The van der Waals surface area contributed by atoms with Crippen molar-refractivity contribution in [2.24, 2.45) is 11.7 Å². The lowest BCUT2D eigenvalue weighted by Gasteiger charge is -2.26. The van der Waals surface area contributed by atoms with Crippen molar-refractivity contribution in [3.8, 4) is 0 Å². The Hall–Kier alpha value is -1.89. The number of nitrogens with two attached hydrogens (primary N) is 1. The lowest BCUT2D eigenvalue weighted by Crippen LogP contribution is -2.29. The highest BCUT2D eigenvalue weighted by Gasteiger charge is 2.18. The molecule has 0 aliphatic heterocycles. The van der Waals surface area contributed by atoms with Gasteiger partial charge >= 0.3 is 5.69 Å². The molecule has 0 saturated heterocycles.